The maximum absolute atomic E-state index is 9.56. The number of thiazole rings is 1. The predicted molar refractivity (Wildman–Crippen MR) is 105 cm³/mol. The number of hydrogen-bond acceptors (Lipinski definition) is 9. The molecule has 0 bridgehead atoms. The molecule has 4 aromatic rings. The number of fused-ring (bicyclic) bond motifs is 1. The molecule has 0 radical (unpaired) electrons. The maximum Gasteiger partial charge on any atom is 0.180 e. The van der Waals surface area contributed by atoms with Crippen LogP contribution in [0.5, 0.6) is 0 Å². The number of nitrogens with two attached hydrogens (primary N) is 1. The fourth-order valence-corrected chi connectivity index (χ4v) is 3.50. The summed E-state index contributed by atoms with van der Waals surface area (Å²) in [5.74, 6) is 2.40. The van der Waals surface area contributed by atoms with E-state index >= 15 is 0 Å². The molecule has 0 fully saturated rings. The lowest BCUT2D eigenvalue weighted by molar-refractivity contribution is 0.263. The topological polar surface area (TPSA) is 128 Å². The third-order valence-corrected chi connectivity index (χ3v) is 4.78. The van der Waals surface area contributed by atoms with Crippen molar-refractivity contribution in [2.24, 2.45) is 0 Å². The molecular formula is C17H18N8OS. The van der Waals surface area contributed by atoms with Gasteiger partial charge in [0.15, 0.2) is 11.0 Å². The number of aromatic nitrogens is 6. The minimum absolute atomic E-state index is 0.122. The zero-order valence-corrected chi connectivity index (χ0v) is 15.6. The molecular weight excluding hydrogens is 364 g/mol. The molecule has 9 nitrogen and oxygen atoms in total. The lowest BCUT2D eigenvalue weighted by Gasteiger charge is -2.12. The highest BCUT2D eigenvalue weighted by molar-refractivity contribution is 7.18. The van der Waals surface area contributed by atoms with Crippen molar-refractivity contribution in [3.8, 4) is 10.7 Å². The number of aliphatic hydroxyl groups is 1. The molecule has 4 rings (SSSR count). The second kappa shape index (κ2) is 6.89. The molecule has 0 spiro atoms. The van der Waals surface area contributed by atoms with Gasteiger partial charge in [-0.2, -0.15) is 0 Å². The molecule has 0 aromatic carbocycles. The molecule has 4 heterocycles. The van der Waals surface area contributed by atoms with Crippen LogP contribution in [0.2, 0.25) is 0 Å². The van der Waals surface area contributed by atoms with E-state index in [0.717, 1.165) is 15.9 Å². The molecule has 0 aliphatic rings. The van der Waals surface area contributed by atoms with Crippen LogP contribution in [0, 0.1) is 0 Å². The second-order valence-corrected chi connectivity index (χ2v) is 7.22. The SMILES string of the molecule is CC(C)n1c(CO)nc2cnc(Nc3ccnc(-c4cnc(N)s4)n3)cc21. The first kappa shape index (κ1) is 17.3. The summed E-state index contributed by atoms with van der Waals surface area (Å²) >= 11 is 1.33. The fraction of sp³-hybridized carbons (Fsp3) is 0.235. The normalized spacial score (nSPS) is 11.4. The molecule has 0 saturated carbocycles. The van der Waals surface area contributed by atoms with Crippen LogP contribution in [0.25, 0.3) is 21.7 Å². The van der Waals surface area contributed by atoms with Crippen molar-refractivity contribution in [3.05, 3.63) is 36.5 Å². The lowest BCUT2D eigenvalue weighted by atomic mass is 10.3. The van der Waals surface area contributed by atoms with Crippen molar-refractivity contribution < 1.29 is 5.11 Å². The van der Waals surface area contributed by atoms with E-state index in [0.29, 0.717) is 28.4 Å². The van der Waals surface area contributed by atoms with Crippen LogP contribution in [0.3, 0.4) is 0 Å². The van der Waals surface area contributed by atoms with E-state index in [4.69, 9.17) is 5.73 Å². The minimum Gasteiger partial charge on any atom is -0.388 e. The van der Waals surface area contributed by atoms with Gasteiger partial charge in [0.05, 0.1) is 22.8 Å². The van der Waals surface area contributed by atoms with Crippen molar-refractivity contribution in [2.45, 2.75) is 26.5 Å². The monoisotopic (exact) mass is 382 g/mol. The van der Waals surface area contributed by atoms with E-state index in [-0.39, 0.29) is 12.6 Å². The van der Waals surface area contributed by atoms with E-state index in [1.165, 1.54) is 11.3 Å². The number of pyridine rings is 1. The van der Waals surface area contributed by atoms with Gasteiger partial charge in [0, 0.05) is 18.3 Å². The zero-order chi connectivity index (χ0) is 19.0. The van der Waals surface area contributed by atoms with Gasteiger partial charge in [-0.15, -0.1) is 0 Å². The van der Waals surface area contributed by atoms with E-state index in [2.05, 4.69) is 30.2 Å². The van der Waals surface area contributed by atoms with Gasteiger partial charge in [-0.1, -0.05) is 11.3 Å². The summed E-state index contributed by atoms with van der Waals surface area (Å²) in [6.45, 7) is 3.97. The number of imidazole rings is 1. The van der Waals surface area contributed by atoms with Crippen LogP contribution in [0.1, 0.15) is 25.7 Å². The quantitative estimate of drug-likeness (QED) is 0.481. The molecule has 0 unspecified atom stereocenters. The first-order chi connectivity index (χ1) is 13.0. The summed E-state index contributed by atoms with van der Waals surface area (Å²) in [4.78, 5) is 22.4. The maximum atomic E-state index is 9.56. The van der Waals surface area contributed by atoms with Crippen LogP contribution in [0.4, 0.5) is 16.8 Å². The molecule has 0 aliphatic carbocycles. The van der Waals surface area contributed by atoms with Gasteiger partial charge in [0.1, 0.15) is 29.6 Å². The third-order valence-electron chi connectivity index (χ3n) is 3.96. The van der Waals surface area contributed by atoms with Crippen LogP contribution < -0.4 is 11.1 Å². The fourth-order valence-electron chi connectivity index (χ4n) is 2.87. The highest BCUT2D eigenvalue weighted by Gasteiger charge is 2.14. The smallest absolute Gasteiger partial charge is 0.180 e. The van der Waals surface area contributed by atoms with Crippen LogP contribution in [-0.4, -0.2) is 34.6 Å². The molecule has 4 N–H and O–H groups in total. The molecule has 0 saturated heterocycles. The molecule has 27 heavy (non-hydrogen) atoms. The Morgan fingerprint density at radius 2 is 2.04 bits per heavy atom. The minimum atomic E-state index is -0.122. The van der Waals surface area contributed by atoms with Gasteiger partial charge in [-0.3, -0.25) is 0 Å². The molecule has 0 aliphatic heterocycles. The standard InChI is InChI=1S/C17H18N8OS/c1-9(2)25-11-5-14(20-6-10(11)22-15(25)8-26)23-13-3-4-19-16(24-13)12-7-21-17(18)27-12/h3-7,9,26H,8H2,1-2H3,(H2,18,21)(H,19,20,23,24). The van der Waals surface area contributed by atoms with Gasteiger partial charge in [0.2, 0.25) is 0 Å². The largest absolute Gasteiger partial charge is 0.388 e. The summed E-state index contributed by atoms with van der Waals surface area (Å²) in [5, 5.41) is 13.2. The highest BCUT2D eigenvalue weighted by Crippen LogP contribution is 2.27. The van der Waals surface area contributed by atoms with Gasteiger partial charge in [0.25, 0.3) is 0 Å². The van der Waals surface area contributed by atoms with Crippen molar-refractivity contribution in [1.82, 2.24) is 29.5 Å². The predicted octanol–water partition coefficient (Wildman–Crippen LogP) is 2.74. The van der Waals surface area contributed by atoms with Gasteiger partial charge in [-0.25, -0.2) is 24.9 Å². The molecule has 138 valence electrons. The Kier molecular flexibility index (Phi) is 4.42. The Hall–Kier alpha value is -3.11. The number of nitrogens with one attached hydrogen (secondary N) is 1. The Bertz CT molecular complexity index is 1100. The molecule has 10 heteroatoms. The summed E-state index contributed by atoms with van der Waals surface area (Å²) < 4.78 is 1.99. The van der Waals surface area contributed by atoms with E-state index in [9.17, 15) is 5.11 Å². The van der Waals surface area contributed by atoms with Crippen LogP contribution in [-0.2, 0) is 6.61 Å². The second-order valence-electron chi connectivity index (χ2n) is 6.16. The molecule has 0 atom stereocenters. The number of nitrogens with zero attached hydrogens (tertiary/aromatic N) is 6. The van der Waals surface area contributed by atoms with Crippen molar-refractivity contribution in [1.29, 1.82) is 0 Å². The molecule has 0 amide bonds. The van der Waals surface area contributed by atoms with Crippen LogP contribution >= 0.6 is 11.3 Å². The highest BCUT2D eigenvalue weighted by atomic mass is 32.1. The average Bonchev–Trinajstić information content (AvgIpc) is 3.25. The van der Waals surface area contributed by atoms with E-state index in [1.807, 2.05) is 24.5 Å². The third kappa shape index (κ3) is 3.32. The summed E-state index contributed by atoms with van der Waals surface area (Å²) in [7, 11) is 0. The number of aliphatic hydroxyl groups excluding tert-OH is 1. The Labute approximate surface area is 159 Å². The summed E-state index contributed by atoms with van der Waals surface area (Å²) in [6, 6.07) is 3.82. The number of nitrogen functional groups attached to an aromatic ring is 1. The number of anilines is 3. The van der Waals surface area contributed by atoms with Crippen molar-refractivity contribution in [3.63, 3.8) is 0 Å². The van der Waals surface area contributed by atoms with E-state index < -0.39 is 0 Å². The zero-order valence-electron chi connectivity index (χ0n) is 14.8. The Morgan fingerprint density at radius 3 is 2.74 bits per heavy atom. The Balaban J connectivity index is 1.68. The summed E-state index contributed by atoms with van der Waals surface area (Å²) in [6.07, 6.45) is 5.00. The Morgan fingerprint density at radius 1 is 1.19 bits per heavy atom. The lowest BCUT2D eigenvalue weighted by Crippen LogP contribution is -2.06. The van der Waals surface area contributed by atoms with Crippen molar-refractivity contribution in [2.75, 3.05) is 11.1 Å². The first-order valence-corrected chi connectivity index (χ1v) is 9.16. The molecule has 4 aromatic heterocycles. The number of hydrogen-bond donors (Lipinski definition) is 3. The van der Waals surface area contributed by atoms with Crippen molar-refractivity contribution >= 4 is 39.1 Å². The van der Waals surface area contributed by atoms with Gasteiger partial charge >= 0.3 is 0 Å². The first-order valence-electron chi connectivity index (χ1n) is 8.34. The van der Waals surface area contributed by atoms with Gasteiger partial charge in [-0.05, 0) is 19.9 Å². The van der Waals surface area contributed by atoms with Gasteiger partial charge < -0.3 is 20.7 Å². The van der Waals surface area contributed by atoms with Crippen LogP contribution in [0.15, 0.2) is 30.7 Å². The summed E-state index contributed by atoms with van der Waals surface area (Å²) in [5.41, 5.74) is 7.32. The van der Waals surface area contributed by atoms with E-state index in [1.54, 1.807) is 24.7 Å². The number of rotatable bonds is 5. The average molecular weight is 382 g/mol.